The molecule has 0 atom stereocenters. The Morgan fingerprint density at radius 3 is 2.15 bits per heavy atom. The van der Waals surface area contributed by atoms with Gasteiger partial charge in [-0.2, -0.15) is 0 Å². The molecular weight excluding hydrogens is 250 g/mol. The second-order valence-electron chi connectivity index (χ2n) is 4.12. The van der Waals surface area contributed by atoms with Crippen molar-refractivity contribution in [1.29, 1.82) is 0 Å². The van der Waals surface area contributed by atoms with Crippen LogP contribution in [0.5, 0.6) is 11.5 Å². The van der Waals surface area contributed by atoms with Gasteiger partial charge in [-0.25, -0.2) is 0 Å². The van der Waals surface area contributed by atoms with Crippen molar-refractivity contribution < 1.29 is 9.47 Å². The molecule has 3 heteroatoms. The lowest BCUT2D eigenvalue weighted by Gasteiger charge is -2.10. The summed E-state index contributed by atoms with van der Waals surface area (Å²) in [4.78, 5) is 4.40. The average Bonchev–Trinajstić information content (AvgIpc) is 2.41. The Balaban J connectivity index is 2.96. The molecule has 104 valence electrons. The number of hydrogen-bond acceptors (Lipinski definition) is 3. The number of ether oxygens (including phenoxy) is 2. The van der Waals surface area contributed by atoms with Gasteiger partial charge in [0.15, 0.2) is 11.5 Å². The molecule has 0 radical (unpaired) electrons. The molecule has 0 aliphatic carbocycles. The molecule has 1 aromatic carbocycles. The van der Waals surface area contributed by atoms with Crippen LogP contribution in [0.3, 0.4) is 0 Å². The van der Waals surface area contributed by atoms with Crippen LogP contribution in [0.4, 0.5) is 5.69 Å². The monoisotopic (exact) mass is 269 g/mol. The van der Waals surface area contributed by atoms with E-state index < -0.39 is 0 Å². The minimum atomic E-state index is 0.324. The maximum absolute atomic E-state index is 5.61. The van der Waals surface area contributed by atoms with Crippen LogP contribution in [0.1, 0.15) is 27.7 Å². The van der Waals surface area contributed by atoms with Crippen molar-refractivity contribution in [3.05, 3.63) is 18.2 Å². The standard InChI is InChI=1S/C17H19NO2/c1-5-7-11-19-16-10-9-15(18-14(3)4)13-17(16)20-12-8-6-2/h9-10,13H,11-12H2,1-4H3. The summed E-state index contributed by atoms with van der Waals surface area (Å²) in [5.41, 5.74) is 1.81. The molecular formula is C17H19NO2. The largest absolute Gasteiger partial charge is 0.477 e. The van der Waals surface area contributed by atoms with Gasteiger partial charge in [-0.3, -0.25) is 4.99 Å². The maximum atomic E-state index is 5.61. The van der Waals surface area contributed by atoms with Crippen molar-refractivity contribution in [2.75, 3.05) is 13.2 Å². The summed E-state index contributed by atoms with van der Waals surface area (Å²) in [5.74, 6) is 12.6. The first kappa shape index (κ1) is 15.7. The molecule has 3 nitrogen and oxygen atoms in total. The fourth-order valence-corrected chi connectivity index (χ4v) is 1.43. The second kappa shape index (κ2) is 8.67. The minimum Gasteiger partial charge on any atom is -0.477 e. The van der Waals surface area contributed by atoms with E-state index in [0.29, 0.717) is 24.7 Å². The van der Waals surface area contributed by atoms with E-state index in [0.717, 1.165) is 11.4 Å². The zero-order valence-electron chi connectivity index (χ0n) is 12.4. The van der Waals surface area contributed by atoms with E-state index in [4.69, 9.17) is 9.47 Å². The average molecular weight is 269 g/mol. The van der Waals surface area contributed by atoms with Gasteiger partial charge in [-0.05, 0) is 39.8 Å². The summed E-state index contributed by atoms with van der Waals surface area (Å²) < 4.78 is 11.2. The maximum Gasteiger partial charge on any atom is 0.164 e. The van der Waals surface area contributed by atoms with Crippen molar-refractivity contribution in [2.24, 2.45) is 4.99 Å². The number of hydrogen-bond donors (Lipinski definition) is 0. The molecule has 0 amide bonds. The summed E-state index contributed by atoms with van der Waals surface area (Å²) in [6.45, 7) is 8.11. The van der Waals surface area contributed by atoms with Gasteiger partial charge in [0.25, 0.3) is 0 Å². The van der Waals surface area contributed by atoms with Gasteiger partial charge >= 0.3 is 0 Å². The first-order valence-corrected chi connectivity index (χ1v) is 6.38. The quantitative estimate of drug-likeness (QED) is 0.604. The lowest BCUT2D eigenvalue weighted by molar-refractivity contribution is 0.314. The normalized spacial score (nSPS) is 8.60. The van der Waals surface area contributed by atoms with Gasteiger partial charge in [0.1, 0.15) is 13.2 Å². The molecule has 0 aliphatic rings. The van der Waals surface area contributed by atoms with Crippen molar-refractivity contribution in [3.63, 3.8) is 0 Å². The number of benzene rings is 1. The topological polar surface area (TPSA) is 30.8 Å². The first-order chi connectivity index (χ1) is 9.67. The van der Waals surface area contributed by atoms with E-state index in [1.54, 1.807) is 13.8 Å². The third-order valence-corrected chi connectivity index (χ3v) is 2.23. The Kier molecular flexibility index (Phi) is 6.79. The molecule has 0 bridgehead atoms. The van der Waals surface area contributed by atoms with Crippen LogP contribution in [0, 0.1) is 23.7 Å². The van der Waals surface area contributed by atoms with Crippen LogP contribution in [-0.2, 0) is 0 Å². The molecule has 0 aromatic heterocycles. The molecule has 0 fully saturated rings. The molecule has 0 saturated carbocycles. The fraction of sp³-hybridized carbons (Fsp3) is 0.353. The number of rotatable bonds is 5. The second-order valence-corrected chi connectivity index (χ2v) is 4.12. The van der Waals surface area contributed by atoms with E-state index in [-0.39, 0.29) is 0 Å². The van der Waals surface area contributed by atoms with Crippen molar-refractivity contribution >= 4 is 11.4 Å². The van der Waals surface area contributed by atoms with Crippen LogP contribution < -0.4 is 9.47 Å². The van der Waals surface area contributed by atoms with E-state index in [2.05, 4.69) is 28.7 Å². The van der Waals surface area contributed by atoms with Crippen molar-refractivity contribution in [1.82, 2.24) is 0 Å². The minimum absolute atomic E-state index is 0.324. The highest BCUT2D eigenvalue weighted by molar-refractivity contribution is 5.82. The molecule has 0 N–H and O–H groups in total. The Bertz CT molecular complexity index is 591. The predicted molar refractivity (Wildman–Crippen MR) is 82.8 cm³/mol. The Morgan fingerprint density at radius 2 is 1.60 bits per heavy atom. The molecule has 0 heterocycles. The highest BCUT2D eigenvalue weighted by Gasteiger charge is 2.06. The van der Waals surface area contributed by atoms with Crippen LogP contribution in [0.15, 0.2) is 23.2 Å². The van der Waals surface area contributed by atoms with Gasteiger partial charge in [0.05, 0.1) is 5.69 Å². The van der Waals surface area contributed by atoms with Gasteiger partial charge in [0.2, 0.25) is 0 Å². The van der Waals surface area contributed by atoms with Crippen LogP contribution in [0.25, 0.3) is 0 Å². The number of nitrogens with zero attached hydrogens (tertiary/aromatic N) is 1. The Morgan fingerprint density at radius 1 is 1.00 bits per heavy atom. The predicted octanol–water partition coefficient (Wildman–Crippen LogP) is 3.60. The summed E-state index contributed by atoms with van der Waals surface area (Å²) in [7, 11) is 0. The van der Waals surface area contributed by atoms with Gasteiger partial charge in [-0.1, -0.05) is 11.8 Å². The van der Waals surface area contributed by atoms with Crippen molar-refractivity contribution in [3.8, 4) is 35.2 Å². The molecule has 0 unspecified atom stereocenters. The fourth-order valence-electron chi connectivity index (χ4n) is 1.43. The lowest BCUT2D eigenvalue weighted by atomic mass is 10.2. The summed E-state index contributed by atoms with van der Waals surface area (Å²) >= 11 is 0. The molecule has 0 aliphatic heterocycles. The summed E-state index contributed by atoms with van der Waals surface area (Å²) in [6.07, 6.45) is 0. The molecule has 0 saturated heterocycles. The third kappa shape index (κ3) is 5.50. The highest BCUT2D eigenvalue weighted by atomic mass is 16.5. The first-order valence-electron chi connectivity index (χ1n) is 6.38. The van der Waals surface area contributed by atoms with Crippen LogP contribution >= 0.6 is 0 Å². The van der Waals surface area contributed by atoms with E-state index in [9.17, 15) is 0 Å². The summed E-state index contributed by atoms with van der Waals surface area (Å²) in [6, 6.07) is 5.58. The van der Waals surface area contributed by atoms with Gasteiger partial charge < -0.3 is 9.47 Å². The third-order valence-electron chi connectivity index (χ3n) is 2.23. The van der Waals surface area contributed by atoms with Crippen LogP contribution in [-0.4, -0.2) is 18.9 Å². The van der Waals surface area contributed by atoms with Gasteiger partial charge in [-0.15, -0.1) is 11.8 Å². The van der Waals surface area contributed by atoms with Crippen LogP contribution in [0.2, 0.25) is 0 Å². The number of aliphatic imine (C=N–C) groups is 1. The molecule has 0 spiro atoms. The molecule has 1 aromatic rings. The zero-order valence-corrected chi connectivity index (χ0v) is 12.4. The highest BCUT2D eigenvalue weighted by Crippen LogP contribution is 2.31. The Labute approximate surface area is 121 Å². The van der Waals surface area contributed by atoms with Crippen molar-refractivity contribution in [2.45, 2.75) is 27.7 Å². The van der Waals surface area contributed by atoms with E-state index in [1.807, 2.05) is 32.0 Å². The molecule has 1 rings (SSSR count). The lowest BCUT2D eigenvalue weighted by Crippen LogP contribution is -2.00. The smallest absolute Gasteiger partial charge is 0.164 e. The van der Waals surface area contributed by atoms with E-state index in [1.165, 1.54) is 0 Å². The Hall–Kier alpha value is -2.39. The SMILES string of the molecule is CC#CCOc1ccc(N=C(C)C)cc1OCC#CC. The van der Waals surface area contributed by atoms with E-state index >= 15 is 0 Å². The van der Waals surface area contributed by atoms with Gasteiger partial charge in [0, 0.05) is 11.8 Å². The summed E-state index contributed by atoms with van der Waals surface area (Å²) in [5, 5.41) is 0. The zero-order chi connectivity index (χ0) is 14.8. The molecule has 20 heavy (non-hydrogen) atoms.